The number of alkyl halides is 3. The largest absolute Gasteiger partial charge is 0.413 e. The molecule has 1 aromatic carbocycles. The van der Waals surface area contributed by atoms with Crippen molar-refractivity contribution in [2.24, 2.45) is 0 Å². The molecule has 5 rings (SSSR count). The van der Waals surface area contributed by atoms with E-state index in [0.717, 1.165) is 10.7 Å². The van der Waals surface area contributed by atoms with Crippen LogP contribution in [0.4, 0.5) is 23.2 Å². The van der Waals surface area contributed by atoms with Crippen LogP contribution in [0.15, 0.2) is 42.7 Å². The lowest BCUT2D eigenvalue weighted by Gasteiger charge is -2.21. The second-order valence-electron chi connectivity index (χ2n) is 8.55. The number of anilines is 1. The quantitative estimate of drug-likeness (QED) is 0.318. The van der Waals surface area contributed by atoms with Crippen molar-refractivity contribution in [3.8, 4) is 12.1 Å². The molecule has 1 atom stereocenters. The maximum Gasteiger partial charge on any atom is 0.413 e. The van der Waals surface area contributed by atoms with Crippen LogP contribution >= 0.6 is 0 Å². The molecular formula is C24H16F4N8. The third kappa shape index (κ3) is 3.86. The molecule has 1 aliphatic rings. The highest BCUT2D eigenvalue weighted by atomic mass is 19.4. The zero-order valence-corrected chi connectivity index (χ0v) is 18.7. The summed E-state index contributed by atoms with van der Waals surface area (Å²) in [6, 6.07) is 10.6. The average molecular weight is 492 g/mol. The molecule has 36 heavy (non-hydrogen) atoms. The van der Waals surface area contributed by atoms with Gasteiger partial charge in [0.05, 0.1) is 28.9 Å². The lowest BCUT2D eigenvalue weighted by atomic mass is 10.0. The number of aryl methyl sites for hydroxylation is 1. The Morgan fingerprint density at radius 2 is 1.92 bits per heavy atom. The predicted octanol–water partition coefficient (Wildman–Crippen LogP) is 4.67. The maximum atomic E-state index is 13.7. The van der Waals surface area contributed by atoms with E-state index in [-0.39, 0.29) is 24.1 Å². The Kier molecular flexibility index (Phi) is 5.32. The van der Waals surface area contributed by atoms with Gasteiger partial charge in [-0.1, -0.05) is 11.3 Å². The van der Waals surface area contributed by atoms with E-state index in [2.05, 4.69) is 31.7 Å². The van der Waals surface area contributed by atoms with Crippen LogP contribution < -0.4 is 5.32 Å². The molecule has 0 saturated heterocycles. The van der Waals surface area contributed by atoms with Crippen LogP contribution in [0.25, 0.3) is 10.9 Å². The number of nitrogens with one attached hydrogen (secondary N) is 1. The summed E-state index contributed by atoms with van der Waals surface area (Å²) in [6.45, 7) is 1.57. The van der Waals surface area contributed by atoms with Gasteiger partial charge in [0.2, 0.25) is 5.95 Å². The molecule has 0 radical (unpaired) electrons. The SMILES string of the molecule is Cc1nc(F)ccc1C(Nc1cc(C#N)c2ncc(C#N)cc2c1)c1cn(C2(C(F)(F)F)CC2)nn1. The summed E-state index contributed by atoms with van der Waals surface area (Å²) in [5.41, 5.74) is 0.158. The first-order chi connectivity index (χ1) is 17.1. The first-order valence-electron chi connectivity index (χ1n) is 10.8. The number of aromatic nitrogens is 5. The van der Waals surface area contributed by atoms with Gasteiger partial charge in [0.15, 0.2) is 5.54 Å². The molecule has 0 amide bonds. The topological polar surface area (TPSA) is 116 Å². The molecule has 4 aromatic rings. The van der Waals surface area contributed by atoms with Crippen LogP contribution in [0.3, 0.4) is 0 Å². The summed E-state index contributed by atoms with van der Waals surface area (Å²) >= 11 is 0. The van der Waals surface area contributed by atoms with Gasteiger partial charge in [-0.05, 0) is 44.0 Å². The summed E-state index contributed by atoms with van der Waals surface area (Å²) < 4.78 is 55.5. The molecule has 12 heteroatoms. The fraction of sp³-hybridized carbons (Fsp3) is 0.250. The number of halogens is 4. The molecule has 0 bridgehead atoms. The average Bonchev–Trinajstić information content (AvgIpc) is 3.53. The van der Waals surface area contributed by atoms with E-state index in [9.17, 15) is 28.1 Å². The van der Waals surface area contributed by atoms with Crippen molar-refractivity contribution in [3.05, 3.63) is 76.8 Å². The Morgan fingerprint density at radius 3 is 2.56 bits per heavy atom. The van der Waals surface area contributed by atoms with E-state index >= 15 is 0 Å². The Morgan fingerprint density at radius 1 is 1.14 bits per heavy atom. The van der Waals surface area contributed by atoms with Gasteiger partial charge in [0.1, 0.15) is 17.8 Å². The molecule has 0 aliphatic heterocycles. The zero-order chi connectivity index (χ0) is 25.7. The Hall–Kier alpha value is -4.58. The zero-order valence-electron chi connectivity index (χ0n) is 18.7. The standard InChI is InChI=1S/C24H16F4N8/c1-13-18(2-3-20(25)32-13)22(19-12-36(35-34-19)23(4-5-23)24(26,27)28)33-17-7-15-6-14(9-29)11-31-21(15)16(8-17)10-30/h2-3,6-8,11-12,22,33H,4-5H2,1H3. The van der Waals surface area contributed by atoms with Crippen molar-refractivity contribution in [2.75, 3.05) is 5.32 Å². The minimum atomic E-state index is -4.49. The van der Waals surface area contributed by atoms with Gasteiger partial charge >= 0.3 is 6.18 Å². The summed E-state index contributed by atoms with van der Waals surface area (Å²) in [6.07, 6.45) is -2.10. The van der Waals surface area contributed by atoms with E-state index in [1.807, 2.05) is 6.07 Å². The molecule has 0 spiro atoms. The number of nitriles is 2. The molecule has 1 saturated carbocycles. The molecule has 1 N–H and O–H groups in total. The monoisotopic (exact) mass is 492 g/mol. The third-order valence-corrected chi connectivity index (χ3v) is 6.24. The Labute approximate surface area is 201 Å². The highest BCUT2D eigenvalue weighted by molar-refractivity contribution is 5.88. The number of nitrogens with zero attached hydrogens (tertiary/aromatic N) is 7. The fourth-order valence-corrected chi connectivity index (χ4v) is 4.18. The lowest BCUT2D eigenvalue weighted by molar-refractivity contribution is -0.182. The van der Waals surface area contributed by atoms with Crippen LogP contribution in [0, 0.1) is 35.5 Å². The molecule has 1 aliphatic carbocycles. The second-order valence-corrected chi connectivity index (χ2v) is 8.55. The molecule has 8 nitrogen and oxygen atoms in total. The van der Waals surface area contributed by atoms with E-state index in [1.54, 1.807) is 19.1 Å². The molecule has 3 heterocycles. The minimum absolute atomic E-state index is 0.0983. The van der Waals surface area contributed by atoms with Crippen LogP contribution in [-0.2, 0) is 5.54 Å². The predicted molar refractivity (Wildman–Crippen MR) is 119 cm³/mol. The van der Waals surface area contributed by atoms with Gasteiger partial charge in [-0.3, -0.25) is 4.98 Å². The third-order valence-electron chi connectivity index (χ3n) is 6.24. The Balaban J connectivity index is 1.61. The molecule has 1 unspecified atom stereocenters. The summed E-state index contributed by atoms with van der Waals surface area (Å²) in [5, 5.41) is 30.3. The number of benzene rings is 1. The lowest BCUT2D eigenvalue weighted by Crippen LogP contribution is -2.35. The number of rotatable bonds is 5. The molecule has 180 valence electrons. The first-order valence-corrected chi connectivity index (χ1v) is 10.8. The minimum Gasteiger partial charge on any atom is -0.373 e. The number of hydrogen-bond donors (Lipinski definition) is 1. The normalized spacial score (nSPS) is 15.2. The van der Waals surface area contributed by atoms with Crippen LogP contribution in [0.5, 0.6) is 0 Å². The van der Waals surface area contributed by atoms with Crippen molar-refractivity contribution in [1.82, 2.24) is 25.0 Å². The highest BCUT2D eigenvalue weighted by Gasteiger charge is 2.66. The van der Waals surface area contributed by atoms with Crippen molar-refractivity contribution >= 4 is 16.6 Å². The Bertz CT molecular complexity index is 1570. The highest BCUT2D eigenvalue weighted by Crippen LogP contribution is 2.55. The van der Waals surface area contributed by atoms with E-state index in [4.69, 9.17) is 0 Å². The number of fused-ring (bicyclic) bond motifs is 1. The molecular weight excluding hydrogens is 476 g/mol. The first kappa shape index (κ1) is 23.2. The van der Waals surface area contributed by atoms with Crippen molar-refractivity contribution in [1.29, 1.82) is 10.5 Å². The summed E-state index contributed by atoms with van der Waals surface area (Å²) in [4.78, 5) is 8.02. The van der Waals surface area contributed by atoms with Gasteiger partial charge in [-0.25, -0.2) is 9.67 Å². The molecule has 3 aromatic heterocycles. The van der Waals surface area contributed by atoms with E-state index in [1.165, 1.54) is 24.5 Å². The smallest absolute Gasteiger partial charge is 0.373 e. The fourth-order valence-electron chi connectivity index (χ4n) is 4.18. The van der Waals surface area contributed by atoms with Crippen LogP contribution in [-0.4, -0.2) is 31.1 Å². The van der Waals surface area contributed by atoms with Gasteiger partial charge in [0, 0.05) is 28.5 Å². The summed E-state index contributed by atoms with van der Waals surface area (Å²) in [5.74, 6) is -0.708. The van der Waals surface area contributed by atoms with Crippen LogP contribution in [0.2, 0.25) is 0 Å². The van der Waals surface area contributed by atoms with Gasteiger partial charge < -0.3 is 5.32 Å². The van der Waals surface area contributed by atoms with Crippen molar-refractivity contribution < 1.29 is 17.6 Å². The second kappa shape index (κ2) is 8.27. The van der Waals surface area contributed by atoms with Crippen molar-refractivity contribution in [2.45, 2.75) is 37.5 Å². The maximum absolute atomic E-state index is 13.7. The van der Waals surface area contributed by atoms with Gasteiger partial charge in [-0.2, -0.15) is 28.1 Å². The molecule has 1 fully saturated rings. The van der Waals surface area contributed by atoms with Gasteiger partial charge in [0.25, 0.3) is 0 Å². The number of hydrogen-bond acceptors (Lipinski definition) is 7. The van der Waals surface area contributed by atoms with E-state index < -0.39 is 23.7 Å². The summed E-state index contributed by atoms with van der Waals surface area (Å²) in [7, 11) is 0. The number of pyridine rings is 2. The van der Waals surface area contributed by atoms with Crippen molar-refractivity contribution in [3.63, 3.8) is 0 Å². The van der Waals surface area contributed by atoms with Crippen LogP contribution in [0.1, 0.15) is 47.0 Å². The van der Waals surface area contributed by atoms with Gasteiger partial charge in [-0.15, -0.1) is 5.10 Å². The van der Waals surface area contributed by atoms with E-state index in [0.29, 0.717) is 33.4 Å².